The summed E-state index contributed by atoms with van der Waals surface area (Å²) in [5.41, 5.74) is 0.972. The van der Waals surface area contributed by atoms with Gasteiger partial charge in [0.15, 0.2) is 0 Å². The average molecular weight is 269 g/mol. The van der Waals surface area contributed by atoms with Crippen molar-refractivity contribution in [3.05, 3.63) is 38.9 Å². The van der Waals surface area contributed by atoms with Crippen molar-refractivity contribution >= 4 is 11.7 Å². The van der Waals surface area contributed by atoms with Gasteiger partial charge in [-0.3, -0.25) is 14.9 Å². The third kappa shape index (κ3) is 3.49. The van der Waals surface area contributed by atoms with Gasteiger partial charge in [0.05, 0.1) is 17.4 Å². The Morgan fingerprint density at radius 2 is 1.89 bits per heavy atom. The maximum absolute atomic E-state index is 10.8. The molecule has 0 aromatic heterocycles. The van der Waals surface area contributed by atoms with Gasteiger partial charge in [-0.2, -0.15) is 0 Å². The molecule has 0 radical (unpaired) electrons. The second-order valence-electron chi connectivity index (χ2n) is 4.36. The molecule has 1 aromatic carbocycles. The highest BCUT2D eigenvalue weighted by Gasteiger charge is 2.25. The highest BCUT2D eigenvalue weighted by molar-refractivity contribution is 5.67. The summed E-state index contributed by atoms with van der Waals surface area (Å²) < 4.78 is 0. The smallest absolute Gasteiger partial charge is 0.306 e. The van der Waals surface area contributed by atoms with Crippen LogP contribution in [0.25, 0.3) is 0 Å². The first kappa shape index (κ1) is 15.1. The zero-order valence-corrected chi connectivity index (χ0v) is 10.5. The molecule has 0 bridgehead atoms. The molecule has 0 spiro atoms. The minimum absolute atomic E-state index is 0.158. The van der Waals surface area contributed by atoms with E-state index in [-0.39, 0.29) is 11.3 Å². The van der Waals surface area contributed by atoms with Crippen LogP contribution in [0.2, 0.25) is 0 Å². The Hall–Kier alpha value is -1.99. The highest BCUT2D eigenvalue weighted by atomic mass is 16.6. The highest BCUT2D eigenvalue weighted by Crippen LogP contribution is 2.29. The van der Waals surface area contributed by atoms with Crippen molar-refractivity contribution in [3.8, 4) is 0 Å². The van der Waals surface area contributed by atoms with Crippen LogP contribution in [0.4, 0.5) is 5.69 Å². The van der Waals surface area contributed by atoms with Crippen molar-refractivity contribution in [1.29, 1.82) is 0 Å². The van der Waals surface area contributed by atoms with Crippen LogP contribution in [0.15, 0.2) is 12.1 Å². The van der Waals surface area contributed by atoms with Crippen LogP contribution in [0.5, 0.6) is 0 Å². The molecule has 0 aliphatic rings. The summed E-state index contributed by atoms with van der Waals surface area (Å²) in [6.45, 7) is 3.19. The third-order valence-electron chi connectivity index (χ3n) is 2.85. The number of hydrogen-bond acceptors (Lipinski definition) is 5. The Morgan fingerprint density at radius 1 is 1.32 bits per heavy atom. The molecule has 19 heavy (non-hydrogen) atoms. The largest absolute Gasteiger partial charge is 0.481 e. The summed E-state index contributed by atoms with van der Waals surface area (Å²) in [5, 5.41) is 38.8. The van der Waals surface area contributed by atoms with Crippen LogP contribution >= 0.6 is 0 Å². The minimum Gasteiger partial charge on any atom is -0.481 e. The van der Waals surface area contributed by atoms with E-state index in [1.165, 1.54) is 12.1 Å². The first-order valence-corrected chi connectivity index (χ1v) is 5.57. The SMILES string of the molecule is Cc1cc(C)c([N+](=O)[O-])cc1C(O)C(O)CC(=O)O. The standard InChI is InChI=1S/C12H15NO6/c1-6-3-7(2)9(13(18)19)4-8(6)12(17)10(14)5-11(15)16/h3-4,10,12,14,17H,5H2,1-2H3,(H,15,16). The topological polar surface area (TPSA) is 121 Å². The Kier molecular flexibility index (Phi) is 4.57. The molecule has 104 valence electrons. The van der Waals surface area contributed by atoms with E-state index in [9.17, 15) is 25.1 Å². The lowest BCUT2D eigenvalue weighted by atomic mass is 9.95. The second kappa shape index (κ2) is 5.77. The Bertz CT molecular complexity index is 513. The lowest BCUT2D eigenvalue weighted by Crippen LogP contribution is -2.22. The van der Waals surface area contributed by atoms with Crippen molar-refractivity contribution in [3.63, 3.8) is 0 Å². The summed E-state index contributed by atoms with van der Waals surface area (Å²) >= 11 is 0. The Morgan fingerprint density at radius 3 is 2.37 bits per heavy atom. The number of rotatable bonds is 5. The number of nitro benzene ring substituents is 1. The number of nitrogens with zero attached hydrogens (tertiary/aromatic N) is 1. The van der Waals surface area contributed by atoms with E-state index < -0.39 is 29.5 Å². The molecule has 7 nitrogen and oxygen atoms in total. The molecule has 2 atom stereocenters. The lowest BCUT2D eigenvalue weighted by molar-refractivity contribution is -0.385. The fourth-order valence-electron chi connectivity index (χ4n) is 1.87. The number of aliphatic hydroxyl groups excluding tert-OH is 2. The number of aliphatic hydroxyl groups is 2. The van der Waals surface area contributed by atoms with Gasteiger partial charge in [0.2, 0.25) is 0 Å². The summed E-state index contributed by atoms with van der Waals surface area (Å²) in [6.07, 6.45) is -3.63. The number of aryl methyl sites for hydroxylation is 2. The van der Waals surface area contributed by atoms with Crippen LogP contribution in [-0.2, 0) is 4.79 Å². The van der Waals surface area contributed by atoms with E-state index in [0.717, 1.165) is 0 Å². The van der Waals surface area contributed by atoms with E-state index in [0.29, 0.717) is 11.1 Å². The molecule has 0 fully saturated rings. The summed E-state index contributed by atoms with van der Waals surface area (Å²) in [7, 11) is 0. The Labute approximate surface area is 109 Å². The van der Waals surface area contributed by atoms with E-state index in [2.05, 4.69) is 0 Å². The number of aliphatic carboxylic acids is 1. The van der Waals surface area contributed by atoms with Crippen LogP contribution < -0.4 is 0 Å². The van der Waals surface area contributed by atoms with Gasteiger partial charge in [0.25, 0.3) is 5.69 Å². The van der Waals surface area contributed by atoms with Crippen LogP contribution in [0.3, 0.4) is 0 Å². The summed E-state index contributed by atoms with van der Waals surface area (Å²) in [5.74, 6) is -1.26. The van der Waals surface area contributed by atoms with Crippen molar-refractivity contribution in [2.45, 2.75) is 32.5 Å². The predicted molar refractivity (Wildman–Crippen MR) is 65.8 cm³/mol. The fourth-order valence-corrected chi connectivity index (χ4v) is 1.87. The molecule has 0 amide bonds. The van der Waals surface area contributed by atoms with Crippen LogP contribution in [0.1, 0.15) is 29.2 Å². The molecule has 3 N–H and O–H groups in total. The third-order valence-corrected chi connectivity index (χ3v) is 2.85. The molecular formula is C12H15NO6. The number of hydrogen-bond donors (Lipinski definition) is 3. The fraction of sp³-hybridized carbons (Fsp3) is 0.417. The molecule has 0 saturated heterocycles. The lowest BCUT2D eigenvalue weighted by Gasteiger charge is -2.18. The number of carboxylic acid groups (broad SMARTS) is 1. The van der Waals surface area contributed by atoms with E-state index in [1.54, 1.807) is 13.8 Å². The number of carboxylic acids is 1. The quantitative estimate of drug-likeness (QED) is 0.543. The minimum atomic E-state index is -1.52. The van der Waals surface area contributed by atoms with E-state index in [1.807, 2.05) is 0 Å². The molecule has 1 aromatic rings. The zero-order valence-electron chi connectivity index (χ0n) is 10.5. The molecule has 0 heterocycles. The van der Waals surface area contributed by atoms with Crippen molar-refractivity contribution < 1.29 is 25.0 Å². The molecule has 2 unspecified atom stereocenters. The predicted octanol–water partition coefficient (Wildman–Crippen LogP) is 1.08. The summed E-state index contributed by atoms with van der Waals surface area (Å²) in [4.78, 5) is 20.7. The van der Waals surface area contributed by atoms with E-state index in [4.69, 9.17) is 5.11 Å². The van der Waals surface area contributed by atoms with E-state index >= 15 is 0 Å². The number of nitro groups is 1. The van der Waals surface area contributed by atoms with Gasteiger partial charge < -0.3 is 15.3 Å². The van der Waals surface area contributed by atoms with Gasteiger partial charge in [0.1, 0.15) is 6.10 Å². The van der Waals surface area contributed by atoms with Crippen molar-refractivity contribution in [2.24, 2.45) is 0 Å². The van der Waals surface area contributed by atoms with Gasteiger partial charge in [0, 0.05) is 11.6 Å². The summed E-state index contributed by atoms with van der Waals surface area (Å²) in [6, 6.07) is 2.69. The zero-order chi connectivity index (χ0) is 14.7. The second-order valence-corrected chi connectivity index (χ2v) is 4.36. The molecule has 7 heteroatoms. The normalized spacial score (nSPS) is 13.9. The first-order valence-electron chi connectivity index (χ1n) is 5.57. The van der Waals surface area contributed by atoms with Crippen molar-refractivity contribution in [1.82, 2.24) is 0 Å². The van der Waals surface area contributed by atoms with Gasteiger partial charge in [-0.25, -0.2) is 0 Å². The van der Waals surface area contributed by atoms with Gasteiger partial charge in [-0.15, -0.1) is 0 Å². The number of benzene rings is 1. The molecule has 0 aliphatic heterocycles. The van der Waals surface area contributed by atoms with Gasteiger partial charge >= 0.3 is 5.97 Å². The maximum atomic E-state index is 10.8. The van der Waals surface area contributed by atoms with Crippen molar-refractivity contribution in [2.75, 3.05) is 0 Å². The molecule has 0 aliphatic carbocycles. The molecule has 0 saturated carbocycles. The van der Waals surface area contributed by atoms with Crippen LogP contribution in [0, 0.1) is 24.0 Å². The average Bonchev–Trinajstić information content (AvgIpc) is 2.26. The first-order chi connectivity index (χ1) is 8.73. The molecule has 1 rings (SSSR count). The monoisotopic (exact) mass is 269 g/mol. The van der Waals surface area contributed by atoms with Crippen LogP contribution in [-0.4, -0.2) is 32.3 Å². The Balaban J connectivity index is 3.15. The van der Waals surface area contributed by atoms with Gasteiger partial charge in [-0.05, 0) is 31.0 Å². The van der Waals surface area contributed by atoms with Gasteiger partial charge in [-0.1, -0.05) is 0 Å². The maximum Gasteiger partial charge on any atom is 0.306 e. The number of carbonyl (C=O) groups is 1. The molecular weight excluding hydrogens is 254 g/mol.